The quantitative estimate of drug-likeness (QED) is 0.327. The van der Waals surface area contributed by atoms with Crippen LogP contribution >= 0.6 is 11.6 Å². The molecular weight excluding hydrogens is 526 g/mol. The normalized spacial score (nSPS) is 16.7. The molecule has 0 saturated carbocycles. The van der Waals surface area contributed by atoms with Crippen molar-refractivity contribution in [2.75, 3.05) is 28.3 Å². The smallest absolute Gasteiger partial charge is 0.309 e. The summed E-state index contributed by atoms with van der Waals surface area (Å²) in [6.07, 6.45) is 1.07. The van der Waals surface area contributed by atoms with E-state index in [4.69, 9.17) is 11.6 Å². The second-order valence-electron chi connectivity index (χ2n) is 11.1. The summed E-state index contributed by atoms with van der Waals surface area (Å²) in [6, 6.07) is 22.0. The predicted octanol–water partition coefficient (Wildman–Crippen LogP) is 6.81. The van der Waals surface area contributed by atoms with Crippen molar-refractivity contribution in [3.8, 4) is 0 Å². The summed E-state index contributed by atoms with van der Waals surface area (Å²) in [4.78, 5) is 43.8. The SMILES string of the molecule is CC(=O)N(c1ccc(Cl)cc1)[C@@H]1C[C@H](C)N(C(=O)c2ccc(N(C)CCC(C)(C)C(=O)O)cc2)c2ccccc21. The molecule has 40 heavy (non-hydrogen) atoms. The number of hydrogen-bond donors (Lipinski definition) is 1. The summed E-state index contributed by atoms with van der Waals surface area (Å²) in [5.41, 5.74) is 3.11. The summed E-state index contributed by atoms with van der Waals surface area (Å²) in [6.45, 7) is 7.58. The van der Waals surface area contributed by atoms with Crippen molar-refractivity contribution in [3.05, 3.63) is 88.9 Å². The molecule has 0 spiro atoms. The van der Waals surface area contributed by atoms with Gasteiger partial charge in [0, 0.05) is 54.2 Å². The van der Waals surface area contributed by atoms with Crippen molar-refractivity contribution >= 4 is 46.4 Å². The number of amides is 2. The van der Waals surface area contributed by atoms with Crippen molar-refractivity contribution in [2.45, 2.75) is 52.6 Å². The maximum absolute atomic E-state index is 13.9. The van der Waals surface area contributed by atoms with E-state index < -0.39 is 11.4 Å². The average molecular weight is 562 g/mol. The lowest BCUT2D eigenvalue weighted by atomic mass is 9.89. The van der Waals surface area contributed by atoms with Gasteiger partial charge in [0.25, 0.3) is 5.91 Å². The molecule has 0 aromatic heterocycles. The van der Waals surface area contributed by atoms with Crippen LogP contribution < -0.4 is 14.7 Å². The second-order valence-corrected chi connectivity index (χ2v) is 11.5. The first kappa shape index (κ1) is 29.2. The number of carboxylic acids is 1. The lowest BCUT2D eigenvalue weighted by Crippen LogP contribution is -2.47. The molecule has 210 valence electrons. The molecule has 1 N–H and O–H groups in total. The second kappa shape index (κ2) is 11.7. The predicted molar refractivity (Wildman–Crippen MR) is 160 cm³/mol. The van der Waals surface area contributed by atoms with E-state index in [0.29, 0.717) is 30.0 Å². The number of carboxylic acid groups (broad SMARTS) is 1. The number of halogens is 1. The van der Waals surface area contributed by atoms with E-state index in [9.17, 15) is 19.5 Å². The van der Waals surface area contributed by atoms with Crippen molar-refractivity contribution in [3.63, 3.8) is 0 Å². The van der Waals surface area contributed by atoms with Gasteiger partial charge in [-0.3, -0.25) is 14.4 Å². The number of para-hydroxylation sites is 1. The molecule has 0 unspecified atom stereocenters. The molecule has 4 rings (SSSR count). The van der Waals surface area contributed by atoms with Crippen molar-refractivity contribution < 1.29 is 19.5 Å². The zero-order valence-corrected chi connectivity index (χ0v) is 24.4. The Bertz CT molecular complexity index is 1390. The van der Waals surface area contributed by atoms with E-state index >= 15 is 0 Å². The highest BCUT2D eigenvalue weighted by molar-refractivity contribution is 6.30. The zero-order chi connectivity index (χ0) is 29.2. The van der Waals surface area contributed by atoms with Crippen LogP contribution in [-0.4, -0.2) is 42.5 Å². The average Bonchev–Trinajstić information content (AvgIpc) is 2.92. The summed E-state index contributed by atoms with van der Waals surface area (Å²) in [5, 5.41) is 9.99. The molecule has 8 heteroatoms. The van der Waals surface area contributed by atoms with Gasteiger partial charge in [-0.2, -0.15) is 0 Å². The van der Waals surface area contributed by atoms with Gasteiger partial charge < -0.3 is 19.8 Å². The Morgan fingerprint density at radius 3 is 2.17 bits per heavy atom. The number of aliphatic carboxylic acids is 1. The minimum absolute atomic E-state index is 0.0828. The molecule has 0 aliphatic carbocycles. The molecule has 1 aliphatic rings. The first-order valence-electron chi connectivity index (χ1n) is 13.4. The van der Waals surface area contributed by atoms with E-state index in [1.807, 2.05) is 84.4 Å². The van der Waals surface area contributed by atoms with Crippen LogP contribution in [0.25, 0.3) is 0 Å². The molecule has 2 atom stereocenters. The number of anilines is 3. The maximum Gasteiger partial charge on any atom is 0.309 e. The molecule has 7 nitrogen and oxygen atoms in total. The molecule has 0 saturated heterocycles. The van der Waals surface area contributed by atoms with Crippen LogP contribution in [0.15, 0.2) is 72.8 Å². The van der Waals surface area contributed by atoms with Crippen molar-refractivity contribution in [1.29, 1.82) is 0 Å². The third-order valence-corrected chi connectivity index (χ3v) is 7.99. The van der Waals surface area contributed by atoms with Crippen LogP contribution in [0.1, 0.15) is 62.5 Å². The van der Waals surface area contributed by atoms with Gasteiger partial charge in [0.15, 0.2) is 0 Å². The lowest BCUT2D eigenvalue weighted by molar-refractivity contribution is -0.147. The van der Waals surface area contributed by atoms with Gasteiger partial charge in [0.1, 0.15) is 0 Å². The molecule has 0 bridgehead atoms. The Labute approximate surface area is 241 Å². The minimum Gasteiger partial charge on any atom is -0.481 e. The largest absolute Gasteiger partial charge is 0.481 e. The molecule has 1 heterocycles. The molecule has 3 aromatic rings. The molecule has 0 radical (unpaired) electrons. The monoisotopic (exact) mass is 561 g/mol. The van der Waals surface area contributed by atoms with Crippen LogP contribution in [0.2, 0.25) is 5.02 Å². The Morgan fingerprint density at radius 2 is 1.57 bits per heavy atom. The molecule has 0 fully saturated rings. The molecular formula is C32H36ClN3O4. The molecule has 3 aromatic carbocycles. The van der Waals surface area contributed by atoms with E-state index in [0.717, 1.165) is 22.6 Å². The number of hydrogen-bond acceptors (Lipinski definition) is 4. The topological polar surface area (TPSA) is 81.2 Å². The number of carbonyl (C=O) groups is 3. The van der Waals surface area contributed by atoms with Crippen LogP contribution in [0, 0.1) is 5.41 Å². The van der Waals surface area contributed by atoms with Gasteiger partial charge in [-0.25, -0.2) is 0 Å². The van der Waals surface area contributed by atoms with Gasteiger partial charge in [-0.15, -0.1) is 0 Å². The van der Waals surface area contributed by atoms with Crippen LogP contribution in [0.5, 0.6) is 0 Å². The summed E-state index contributed by atoms with van der Waals surface area (Å²) < 4.78 is 0. The fraction of sp³-hybridized carbons (Fsp3) is 0.344. The Kier molecular flexibility index (Phi) is 8.54. The standard InChI is InChI=1S/C32H36ClN3O4/c1-21-20-29(36(22(2)37)26-16-12-24(33)13-17-26)27-8-6-7-9-28(27)35(21)30(38)23-10-14-25(15-11-23)34(5)19-18-32(3,4)31(39)40/h6-17,21,29H,18-20H2,1-5H3,(H,39,40)/t21-,29+/m0/s1. The highest BCUT2D eigenvalue weighted by atomic mass is 35.5. The van der Waals surface area contributed by atoms with Crippen molar-refractivity contribution in [2.24, 2.45) is 5.41 Å². The van der Waals surface area contributed by atoms with Gasteiger partial charge >= 0.3 is 5.97 Å². The van der Waals surface area contributed by atoms with Gasteiger partial charge in [0.2, 0.25) is 5.91 Å². The Hall–Kier alpha value is -3.84. The van der Waals surface area contributed by atoms with E-state index in [1.54, 1.807) is 37.8 Å². The van der Waals surface area contributed by atoms with Gasteiger partial charge in [-0.05, 0) is 93.8 Å². The first-order chi connectivity index (χ1) is 18.9. The fourth-order valence-electron chi connectivity index (χ4n) is 5.20. The summed E-state index contributed by atoms with van der Waals surface area (Å²) in [7, 11) is 1.92. The highest BCUT2D eigenvalue weighted by Crippen LogP contribution is 2.43. The molecule has 2 amide bonds. The van der Waals surface area contributed by atoms with Gasteiger partial charge in [0.05, 0.1) is 11.5 Å². The van der Waals surface area contributed by atoms with Crippen LogP contribution in [0.4, 0.5) is 17.1 Å². The van der Waals surface area contributed by atoms with E-state index in [1.165, 1.54) is 0 Å². The maximum atomic E-state index is 13.9. The van der Waals surface area contributed by atoms with E-state index in [2.05, 4.69) is 0 Å². The third-order valence-electron chi connectivity index (χ3n) is 7.74. The number of nitrogens with zero attached hydrogens (tertiary/aromatic N) is 3. The Balaban J connectivity index is 1.59. The Morgan fingerprint density at radius 1 is 0.975 bits per heavy atom. The van der Waals surface area contributed by atoms with Crippen LogP contribution in [0.3, 0.4) is 0 Å². The van der Waals surface area contributed by atoms with Crippen LogP contribution in [-0.2, 0) is 9.59 Å². The lowest BCUT2D eigenvalue weighted by Gasteiger charge is -2.43. The number of carbonyl (C=O) groups excluding carboxylic acids is 2. The summed E-state index contributed by atoms with van der Waals surface area (Å²) >= 11 is 6.10. The number of benzene rings is 3. The highest BCUT2D eigenvalue weighted by Gasteiger charge is 2.38. The summed E-state index contributed by atoms with van der Waals surface area (Å²) in [5.74, 6) is -1.01. The van der Waals surface area contributed by atoms with Gasteiger partial charge in [-0.1, -0.05) is 29.8 Å². The first-order valence-corrected chi connectivity index (χ1v) is 13.8. The minimum atomic E-state index is -0.820. The zero-order valence-electron chi connectivity index (χ0n) is 23.6. The van der Waals surface area contributed by atoms with Crippen molar-refractivity contribution in [1.82, 2.24) is 0 Å². The molecule has 1 aliphatic heterocycles. The third kappa shape index (κ3) is 5.99. The fourth-order valence-corrected chi connectivity index (χ4v) is 5.33. The number of fused-ring (bicyclic) bond motifs is 1. The number of rotatable bonds is 8. The van der Waals surface area contributed by atoms with E-state index in [-0.39, 0.29) is 23.9 Å².